The lowest BCUT2D eigenvalue weighted by atomic mass is 10.1. The zero-order valence-corrected chi connectivity index (χ0v) is 15.8. The van der Waals surface area contributed by atoms with E-state index in [1.54, 1.807) is 39.5 Å². The van der Waals surface area contributed by atoms with Crippen LogP contribution in [0.15, 0.2) is 47.1 Å². The van der Waals surface area contributed by atoms with Gasteiger partial charge in [0.2, 0.25) is 5.75 Å². The normalized spacial score (nSPS) is 14.7. The van der Waals surface area contributed by atoms with Crippen LogP contribution in [0.4, 0.5) is 0 Å². The number of hydrogen-bond donors (Lipinski definition) is 1. The lowest BCUT2D eigenvalue weighted by Crippen LogP contribution is -2.24. The van der Waals surface area contributed by atoms with Crippen molar-refractivity contribution >= 4 is 17.8 Å². The average molecular weight is 366 g/mol. The standard InChI is InChI=1S/C21H22N2O4/c1-5-13-6-8-15(9-7-13)20-22-16(21(24)23-20)10-14-11-17(25-2)19(27-4)18(12-14)26-3/h6-12H,5H2,1-4H3,(H,22,23,24)/b16-10+. The molecule has 0 unspecified atom stereocenters. The SMILES string of the molecule is CCc1ccc(C2=N/C(=C/c3cc(OC)c(OC)c(OC)c3)C(=O)N2)cc1. The second-order valence-corrected chi connectivity index (χ2v) is 5.95. The molecule has 140 valence electrons. The summed E-state index contributed by atoms with van der Waals surface area (Å²) >= 11 is 0. The molecule has 1 aliphatic heterocycles. The first-order valence-electron chi connectivity index (χ1n) is 8.60. The molecule has 1 amide bonds. The second-order valence-electron chi connectivity index (χ2n) is 5.95. The van der Waals surface area contributed by atoms with Gasteiger partial charge in [-0.15, -0.1) is 0 Å². The number of rotatable bonds is 6. The first-order chi connectivity index (χ1) is 13.1. The van der Waals surface area contributed by atoms with E-state index in [-0.39, 0.29) is 5.91 Å². The van der Waals surface area contributed by atoms with Gasteiger partial charge < -0.3 is 19.5 Å². The average Bonchev–Trinajstić information content (AvgIpc) is 3.07. The van der Waals surface area contributed by atoms with Crippen molar-refractivity contribution < 1.29 is 19.0 Å². The Kier molecular flexibility index (Phi) is 5.45. The van der Waals surface area contributed by atoms with Gasteiger partial charge in [0.15, 0.2) is 11.5 Å². The third-order valence-electron chi connectivity index (χ3n) is 4.32. The van der Waals surface area contributed by atoms with Crippen LogP contribution in [-0.4, -0.2) is 33.1 Å². The minimum atomic E-state index is -0.252. The van der Waals surface area contributed by atoms with Gasteiger partial charge in [-0.2, -0.15) is 0 Å². The molecule has 3 rings (SSSR count). The van der Waals surface area contributed by atoms with Crippen LogP contribution in [0.5, 0.6) is 17.2 Å². The van der Waals surface area contributed by atoms with Crippen LogP contribution in [0.25, 0.3) is 6.08 Å². The lowest BCUT2D eigenvalue weighted by molar-refractivity contribution is -0.115. The first-order valence-corrected chi connectivity index (χ1v) is 8.60. The van der Waals surface area contributed by atoms with Crippen LogP contribution >= 0.6 is 0 Å². The van der Waals surface area contributed by atoms with Crippen LogP contribution in [0.1, 0.15) is 23.6 Å². The maximum atomic E-state index is 12.3. The number of nitrogens with zero attached hydrogens (tertiary/aromatic N) is 1. The van der Waals surface area contributed by atoms with E-state index in [9.17, 15) is 4.79 Å². The Morgan fingerprint density at radius 2 is 1.63 bits per heavy atom. The van der Waals surface area contributed by atoms with Crippen molar-refractivity contribution in [2.75, 3.05) is 21.3 Å². The quantitative estimate of drug-likeness (QED) is 0.797. The third kappa shape index (κ3) is 3.79. The minimum absolute atomic E-state index is 0.252. The van der Waals surface area contributed by atoms with E-state index in [4.69, 9.17) is 14.2 Å². The number of aliphatic imine (C=N–C) groups is 1. The van der Waals surface area contributed by atoms with Crippen LogP contribution in [-0.2, 0) is 11.2 Å². The number of aryl methyl sites for hydroxylation is 1. The Morgan fingerprint density at radius 3 is 2.15 bits per heavy atom. The molecule has 0 aromatic heterocycles. The first kappa shape index (κ1) is 18.5. The predicted molar refractivity (Wildman–Crippen MR) is 105 cm³/mol. The molecule has 2 aromatic carbocycles. The zero-order valence-electron chi connectivity index (χ0n) is 15.8. The molecule has 1 heterocycles. The zero-order chi connectivity index (χ0) is 19.4. The van der Waals surface area contributed by atoms with Crippen LogP contribution in [0.2, 0.25) is 0 Å². The van der Waals surface area contributed by atoms with Crippen molar-refractivity contribution in [3.05, 3.63) is 58.8 Å². The third-order valence-corrected chi connectivity index (χ3v) is 4.32. The lowest BCUT2D eigenvalue weighted by Gasteiger charge is -2.12. The number of carbonyl (C=O) groups is 1. The molecular formula is C21H22N2O4. The Hall–Kier alpha value is -3.28. The van der Waals surface area contributed by atoms with Crippen molar-refractivity contribution in [3.63, 3.8) is 0 Å². The summed E-state index contributed by atoms with van der Waals surface area (Å²) in [6.45, 7) is 2.10. The van der Waals surface area contributed by atoms with Crippen molar-refractivity contribution in [1.82, 2.24) is 5.32 Å². The Balaban J connectivity index is 1.96. The highest BCUT2D eigenvalue weighted by molar-refractivity contribution is 6.19. The van der Waals surface area contributed by atoms with Crippen LogP contribution < -0.4 is 19.5 Å². The summed E-state index contributed by atoms with van der Waals surface area (Å²) in [5.74, 6) is 1.82. The van der Waals surface area contributed by atoms with E-state index in [0.717, 1.165) is 17.5 Å². The number of amides is 1. The van der Waals surface area contributed by atoms with Gasteiger partial charge in [-0.05, 0) is 35.8 Å². The molecule has 0 atom stereocenters. The van der Waals surface area contributed by atoms with Crippen molar-refractivity contribution in [2.45, 2.75) is 13.3 Å². The molecule has 1 N–H and O–H groups in total. The number of ether oxygens (including phenoxy) is 3. The van der Waals surface area contributed by atoms with E-state index in [0.29, 0.717) is 28.8 Å². The number of benzene rings is 2. The number of nitrogens with one attached hydrogen (secondary N) is 1. The van der Waals surface area contributed by atoms with E-state index in [1.165, 1.54) is 5.56 Å². The highest BCUT2D eigenvalue weighted by atomic mass is 16.5. The molecule has 0 bridgehead atoms. The van der Waals surface area contributed by atoms with E-state index in [2.05, 4.69) is 17.2 Å². The predicted octanol–water partition coefficient (Wildman–Crippen LogP) is 3.19. The molecule has 0 fully saturated rings. The van der Waals surface area contributed by atoms with E-state index in [1.807, 2.05) is 24.3 Å². The summed E-state index contributed by atoms with van der Waals surface area (Å²) in [5, 5.41) is 2.81. The van der Waals surface area contributed by atoms with Gasteiger partial charge in [0.05, 0.1) is 21.3 Å². The Labute approximate surface area is 158 Å². The van der Waals surface area contributed by atoms with Gasteiger partial charge in [-0.1, -0.05) is 31.2 Å². The molecule has 0 saturated heterocycles. The molecule has 0 saturated carbocycles. The van der Waals surface area contributed by atoms with E-state index >= 15 is 0 Å². The smallest absolute Gasteiger partial charge is 0.275 e. The summed E-state index contributed by atoms with van der Waals surface area (Å²) in [5.41, 5.74) is 3.14. The molecule has 1 aliphatic rings. The van der Waals surface area contributed by atoms with E-state index < -0.39 is 0 Å². The molecular weight excluding hydrogens is 344 g/mol. The fraction of sp³-hybridized carbons (Fsp3) is 0.238. The van der Waals surface area contributed by atoms with Crippen LogP contribution in [0.3, 0.4) is 0 Å². The fourth-order valence-electron chi connectivity index (χ4n) is 2.85. The number of amidine groups is 1. The Morgan fingerprint density at radius 1 is 1.00 bits per heavy atom. The molecule has 0 radical (unpaired) electrons. The number of carbonyl (C=O) groups excluding carboxylic acids is 1. The van der Waals surface area contributed by atoms with Gasteiger partial charge in [-0.3, -0.25) is 4.79 Å². The topological polar surface area (TPSA) is 69.1 Å². The van der Waals surface area contributed by atoms with Crippen LogP contribution in [0, 0.1) is 0 Å². The summed E-state index contributed by atoms with van der Waals surface area (Å²) < 4.78 is 16.0. The monoisotopic (exact) mass is 366 g/mol. The van der Waals surface area contributed by atoms with Crippen molar-refractivity contribution in [1.29, 1.82) is 0 Å². The summed E-state index contributed by atoms with van der Waals surface area (Å²) in [6.07, 6.45) is 2.65. The number of hydrogen-bond acceptors (Lipinski definition) is 5. The minimum Gasteiger partial charge on any atom is -0.493 e. The van der Waals surface area contributed by atoms with Crippen molar-refractivity contribution in [3.8, 4) is 17.2 Å². The maximum Gasteiger partial charge on any atom is 0.275 e. The summed E-state index contributed by atoms with van der Waals surface area (Å²) in [6, 6.07) is 11.5. The second kappa shape index (κ2) is 7.95. The fourth-order valence-corrected chi connectivity index (χ4v) is 2.85. The molecule has 6 nitrogen and oxygen atoms in total. The summed E-state index contributed by atoms with van der Waals surface area (Å²) in [7, 11) is 4.64. The molecule has 27 heavy (non-hydrogen) atoms. The highest BCUT2D eigenvalue weighted by Gasteiger charge is 2.22. The molecule has 0 aliphatic carbocycles. The highest BCUT2D eigenvalue weighted by Crippen LogP contribution is 2.38. The maximum absolute atomic E-state index is 12.3. The van der Waals surface area contributed by atoms with Gasteiger partial charge in [0.1, 0.15) is 11.5 Å². The Bertz CT molecular complexity index is 889. The van der Waals surface area contributed by atoms with Gasteiger partial charge in [-0.25, -0.2) is 4.99 Å². The van der Waals surface area contributed by atoms with Crippen molar-refractivity contribution in [2.24, 2.45) is 4.99 Å². The van der Waals surface area contributed by atoms with Gasteiger partial charge >= 0.3 is 0 Å². The van der Waals surface area contributed by atoms with Gasteiger partial charge in [0, 0.05) is 5.56 Å². The molecule has 2 aromatic rings. The summed E-state index contributed by atoms with van der Waals surface area (Å²) in [4.78, 5) is 16.8. The molecule has 6 heteroatoms. The number of methoxy groups -OCH3 is 3. The van der Waals surface area contributed by atoms with Gasteiger partial charge in [0.25, 0.3) is 5.91 Å². The largest absolute Gasteiger partial charge is 0.493 e. The molecule has 0 spiro atoms.